The van der Waals surface area contributed by atoms with Crippen molar-refractivity contribution in [2.24, 2.45) is 0 Å². The molecule has 4 nitrogen and oxygen atoms in total. The highest BCUT2D eigenvalue weighted by atomic mass is 15.3. The number of nitrogens with zero attached hydrogens (tertiary/aromatic N) is 4. The molecule has 0 radical (unpaired) electrons. The van der Waals surface area contributed by atoms with Crippen molar-refractivity contribution in [3.63, 3.8) is 0 Å². The summed E-state index contributed by atoms with van der Waals surface area (Å²) in [6.07, 6.45) is 5.39. The zero-order valence-corrected chi connectivity index (χ0v) is 7.60. The van der Waals surface area contributed by atoms with Gasteiger partial charge in [0.1, 0.15) is 11.6 Å². The molecular weight excluding hydrogens is 164 g/mol. The van der Waals surface area contributed by atoms with E-state index in [1.54, 1.807) is 10.7 Å². The smallest absolute Gasteiger partial charge is 0.154 e. The standard InChI is InChI=1S/C9H10N4/c1-7(2)12-3-4-13-9(12)8(5-10)6-11-13/h3-4,6-7H,1-2H3. The monoisotopic (exact) mass is 174 g/mol. The highest BCUT2D eigenvalue weighted by Gasteiger charge is 2.09. The maximum atomic E-state index is 8.83. The zero-order chi connectivity index (χ0) is 9.42. The van der Waals surface area contributed by atoms with Gasteiger partial charge in [-0.2, -0.15) is 10.4 Å². The second-order valence-corrected chi connectivity index (χ2v) is 3.24. The molecule has 0 aliphatic heterocycles. The quantitative estimate of drug-likeness (QED) is 0.659. The molecule has 2 aromatic rings. The number of hydrogen-bond acceptors (Lipinski definition) is 2. The van der Waals surface area contributed by atoms with Gasteiger partial charge in [-0.3, -0.25) is 0 Å². The number of imidazole rings is 1. The molecule has 0 N–H and O–H groups in total. The average Bonchev–Trinajstić information content (AvgIpc) is 2.61. The van der Waals surface area contributed by atoms with Crippen molar-refractivity contribution in [2.45, 2.75) is 19.9 Å². The van der Waals surface area contributed by atoms with Crippen molar-refractivity contribution < 1.29 is 0 Å². The number of rotatable bonds is 1. The summed E-state index contributed by atoms with van der Waals surface area (Å²) in [7, 11) is 0. The van der Waals surface area contributed by atoms with Crippen molar-refractivity contribution >= 4 is 5.65 Å². The largest absolute Gasteiger partial charge is 0.328 e. The fraction of sp³-hybridized carbons (Fsp3) is 0.333. The van der Waals surface area contributed by atoms with Crippen LogP contribution in [0, 0.1) is 11.3 Å². The number of fused-ring (bicyclic) bond motifs is 1. The maximum Gasteiger partial charge on any atom is 0.154 e. The van der Waals surface area contributed by atoms with Crippen LogP contribution in [0.15, 0.2) is 18.6 Å². The SMILES string of the molecule is CC(C)n1ccn2ncc(C#N)c12. The first-order chi connectivity index (χ1) is 6.24. The van der Waals surface area contributed by atoms with E-state index in [2.05, 4.69) is 25.0 Å². The molecular formula is C9H10N4. The van der Waals surface area contributed by atoms with Gasteiger partial charge in [-0.25, -0.2) is 4.52 Å². The lowest BCUT2D eigenvalue weighted by Crippen LogP contribution is -1.99. The minimum absolute atomic E-state index is 0.348. The van der Waals surface area contributed by atoms with Crippen LogP contribution in [0.4, 0.5) is 0 Å². The van der Waals surface area contributed by atoms with Crippen LogP contribution >= 0.6 is 0 Å². The first-order valence-corrected chi connectivity index (χ1v) is 4.18. The first kappa shape index (κ1) is 7.87. The zero-order valence-electron chi connectivity index (χ0n) is 7.60. The third-order valence-electron chi connectivity index (χ3n) is 2.06. The molecule has 66 valence electrons. The Morgan fingerprint density at radius 3 is 2.85 bits per heavy atom. The molecule has 0 aliphatic carbocycles. The molecule has 0 unspecified atom stereocenters. The van der Waals surface area contributed by atoms with Gasteiger partial charge in [0.25, 0.3) is 0 Å². The number of hydrogen-bond donors (Lipinski definition) is 0. The molecule has 0 atom stereocenters. The van der Waals surface area contributed by atoms with Crippen LogP contribution in [0.3, 0.4) is 0 Å². The summed E-state index contributed by atoms with van der Waals surface area (Å²) in [4.78, 5) is 0. The maximum absolute atomic E-state index is 8.83. The second kappa shape index (κ2) is 2.63. The van der Waals surface area contributed by atoms with E-state index in [9.17, 15) is 0 Å². The van der Waals surface area contributed by atoms with Crippen molar-refractivity contribution in [1.82, 2.24) is 14.2 Å². The summed E-state index contributed by atoms with van der Waals surface area (Å²) in [6.45, 7) is 4.16. The molecule has 0 spiro atoms. The molecule has 2 aromatic heterocycles. The third kappa shape index (κ3) is 1.01. The summed E-state index contributed by atoms with van der Waals surface area (Å²) in [5.74, 6) is 0. The van der Waals surface area contributed by atoms with Crippen molar-refractivity contribution in [3.8, 4) is 6.07 Å². The summed E-state index contributed by atoms with van der Waals surface area (Å²) < 4.78 is 3.75. The molecule has 0 saturated heterocycles. The molecule has 0 aromatic carbocycles. The topological polar surface area (TPSA) is 46.0 Å². The predicted octanol–water partition coefficient (Wildman–Crippen LogP) is 1.59. The van der Waals surface area contributed by atoms with Crippen molar-refractivity contribution in [1.29, 1.82) is 5.26 Å². The lowest BCUT2D eigenvalue weighted by atomic mass is 10.3. The molecule has 0 saturated carbocycles. The Morgan fingerprint density at radius 2 is 2.23 bits per heavy atom. The molecule has 13 heavy (non-hydrogen) atoms. The summed E-state index contributed by atoms with van der Waals surface area (Å²) in [5, 5.41) is 12.9. The highest BCUT2D eigenvalue weighted by molar-refractivity contribution is 5.55. The van der Waals surface area contributed by atoms with Crippen LogP contribution < -0.4 is 0 Å². The summed E-state index contributed by atoms with van der Waals surface area (Å²) >= 11 is 0. The lowest BCUT2D eigenvalue weighted by Gasteiger charge is -2.06. The van der Waals surface area contributed by atoms with Crippen LogP contribution in [0.5, 0.6) is 0 Å². The van der Waals surface area contributed by atoms with Crippen LogP contribution in [0.1, 0.15) is 25.5 Å². The van der Waals surface area contributed by atoms with Gasteiger partial charge < -0.3 is 4.57 Å². The minimum Gasteiger partial charge on any atom is -0.328 e. The third-order valence-corrected chi connectivity index (χ3v) is 2.06. The fourth-order valence-electron chi connectivity index (χ4n) is 1.42. The van der Waals surface area contributed by atoms with Crippen LogP contribution in [-0.4, -0.2) is 14.2 Å². The van der Waals surface area contributed by atoms with E-state index >= 15 is 0 Å². The van der Waals surface area contributed by atoms with E-state index in [1.165, 1.54) is 0 Å². The molecule has 4 heteroatoms. The summed E-state index contributed by atoms with van der Waals surface area (Å²) in [5.41, 5.74) is 1.50. The molecule has 0 bridgehead atoms. The summed E-state index contributed by atoms with van der Waals surface area (Å²) in [6, 6.07) is 2.48. The van der Waals surface area contributed by atoms with E-state index < -0.39 is 0 Å². The van der Waals surface area contributed by atoms with Gasteiger partial charge in [0.05, 0.1) is 6.20 Å². The van der Waals surface area contributed by atoms with E-state index in [-0.39, 0.29) is 0 Å². The Hall–Kier alpha value is -1.76. The van der Waals surface area contributed by atoms with Gasteiger partial charge in [-0.05, 0) is 13.8 Å². The Labute approximate surface area is 76.0 Å². The molecule has 0 fully saturated rings. The van der Waals surface area contributed by atoms with E-state index in [4.69, 9.17) is 5.26 Å². The van der Waals surface area contributed by atoms with E-state index in [0.29, 0.717) is 11.6 Å². The Morgan fingerprint density at radius 1 is 1.46 bits per heavy atom. The van der Waals surface area contributed by atoms with Gasteiger partial charge in [0.2, 0.25) is 0 Å². The second-order valence-electron chi connectivity index (χ2n) is 3.24. The Bertz CT molecular complexity index is 469. The number of nitriles is 1. The predicted molar refractivity (Wildman–Crippen MR) is 48.3 cm³/mol. The van der Waals surface area contributed by atoms with Gasteiger partial charge in [-0.1, -0.05) is 0 Å². The first-order valence-electron chi connectivity index (χ1n) is 4.18. The van der Waals surface area contributed by atoms with Gasteiger partial charge >= 0.3 is 0 Å². The Kier molecular flexibility index (Phi) is 1.59. The molecule has 0 amide bonds. The minimum atomic E-state index is 0.348. The molecule has 2 heterocycles. The fourth-order valence-corrected chi connectivity index (χ4v) is 1.42. The van der Waals surface area contributed by atoms with Crippen molar-refractivity contribution in [2.75, 3.05) is 0 Å². The Balaban J connectivity index is 2.77. The van der Waals surface area contributed by atoms with Crippen LogP contribution in [-0.2, 0) is 0 Å². The van der Waals surface area contributed by atoms with Crippen LogP contribution in [0.25, 0.3) is 5.65 Å². The van der Waals surface area contributed by atoms with Gasteiger partial charge in [0, 0.05) is 18.4 Å². The number of aromatic nitrogens is 3. The van der Waals surface area contributed by atoms with Gasteiger partial charge in [0.15, 0.2) is 5.65 Å². The lowest BCUT2D eigenvalue weighted by molar-refractivity contribution is 0.619. The van der Waals surface area contributed by atoms with Crippen LogP contribution in [0.2, 0.25) is 0 Å². The molecule has 2 rings (SSSR count). The van der Waals surface area contributed by atoms with Gasteiger partial charge in [-0.15, -0.1) is 0 Å². The van der Waals surface area contributed by atoms with E-state index in [1.807, 2.05) is 17.0 Å². The van der Waals surface area contributed by atoms with E-state index in [0.717, 1.165) is 5.65 Å². The average molecular weight is 174 g/mol. The molecule has 0 aliphatic rings. The van der Waals surface area contributed by atoms with Crippen molar-refractivity contribution in [3.05, 3.63) is 24.2 Å². The normalized spacial score (nSPS) is 10.9. The highest BCUT2D eigenvalue weighted by Crippen LogP contribution is 2.15.